The number of hydrogen-bond acceptors (Lipinski definition) is 4. The number of hydrogen-bond donors (Lipinski definition) is 2. The van der Waals surface area contributed by atoms with Crippen molar-refractivity contribution in [2.45, 2.75) is 4.90 Å². The summed E-state index contributed by atoms with van der Waals surface area (Å²) in [6.45, 7) is 0. The Kier molecular flexibility index (Phi) is 3.14. The minimum Gasteiger partial charge on any atom is -0.476 e. The topological polar surface area (TPSA) is 102 Å². The smallest absolute Gasteiger partial charge is 0.355 e. The van der Waals surface area contributed by atoms with E-state index in [0.29, 0.717) is 5.39 Å². The zero-order chi connectivity index (χ0) is 15.9. The second-order valence-electron chi connectivity index (χ2n) is 4.67. The Morgan fingerprint density at radius 1 is 1.00 bits per heavy atom. The van der Waals surface area contributed by atoms with Gasteiger partial charge in [-0.05, 0) is 18.2 Å². The number of anilines is 1. The number of nitrogens with two attached hydrogens (primary N) is 1. The van der Waals surface area contributed by atoms with E-state index < -0.39 is 21.7 Å². The lowest BCUT2D eigenvalue weighted by Crippen LogP contribution is -2.19. The Morgan fingerprint density at radius 3 is 2.23 bits per heavy atom. The highest BCUT2D eigenvalue weighted by molar-refractivity contribution is 7.90. The van der Waals surface area contributed by atoms with Crippen LogP contribution in [-0.2, 0) is 10.0 Å². The molecule has 0 radical (unpaired) electrons. The van der Waals surface area contributed by atoms with Crippen LogP contribution in [0, 0.1) is 0 Å². The van der Waals surface area contributed by atoms with Crippen molar-refractivity contribution in [1.82, 2.24) is 3.97 Å². The maximum absolute atomic E-state index is 12.8. The average molecular weight is 316 g/mol. The molecule has 0 saturated carbocycles. The summed E-state index contributed by atoms with van der Waals surface area (Å²) >= 11 is 0. The van der Waals surface area contributed by atoms with Crippen LogP contribution in [0.15, 0.2) is 59.5 Å². The third-order valence-electron chi connectivity index (χ3n) is 3.36. The fourth-order valence-corrected chi connectivity index (χ4v) is 3.93. The third kappa shape index (κ3) is 1.94. The van der Waals surface area contributed by atoms with Crippen molar-refractivity contribution in [3.05, 3.63) is 60.3 Å². The number of aromatic carboxylic acids is 1. The van der Waals surface area contributed by atoms with Gasteiger partial charge in [0.05, 0.1) is 16.1 Å². The second kappa shape index (κ2) is 4.88. The van der Waals surface area contributed by atoms with Crippen molar-refractivity contribution in [3.63, 3.8) is 0 Å². The molecule has 1 heterocycles. The van der Waals surface area contributed by atoms with Crippen LogP contribution in [0.2, 0.25) is 0 Å². The maximum atomic E-state index is 12.8. The summed E-state index contributed by atoms with van der Waals surface area (Å²) in [6.07, 6.45) is 0. The number of carboxylic acids is 1. The van der Waals surface area contributed by atoms with Gasteiger partial charge in [-0.3, -0.25) is 0 Å². The number of aromatic nitrogens is 1. The van der Waals surface area contributed by atoms with E-state index >= 15 is 0 Å². The van der Waals surface area contributed by atoms with Gasteiger partial charge in [0.2, 0.25) is 0 Å². The molecule has 0 unspecified atom stereocenters. The molecule has 0 amide bonds. The van der Waals surface area contributed by atoms with Crippen LogP contribution in [0.3, 0.4) is 0 Å². The van der Waals surface area contributed by atoms with E-state index in [9.17, 15) is 18.3 Å². The third-order valence-corrected chi connectivity index (χ3v) is 5.08. The van der Waals surface area contributed by atoms with Gasteiger partial charge in [-0.25, -0.2) is 17.2 Å². The molecule has 3 aromatic rings. The normalized spacial score (nSPS) is 11.6. The first-order valence-electron chi connectivity index (χ1n) is 6.37. The van der Waals surface area contributed by atoms with E-state index in [0.717, 1.165) is 3.97 Å². The summed E-state index contributed by atoms with van der Waals surface area (Å²) < 4.78 is 26.4. The van der Waals surface area contributed by atoms with Gasteiger partial charge < -0.3 is 10.8 Å². The Labute approximate surface area is 126 Å². The molecule has 0 atom stereocenters. The maximum Gasteiger partial charge on any atom is 0.355 e. The molecule has 22 heavy (non-hydrogen) atoms. The molecule has 3 rings (SSSR count). The van der Waals surface area contributed by atoms with Gasteiger partial charge in [-0.15, -0.1) is 0 Å². The quantitative estimate of drug-likeness (QED) is 0.771. The SMILES string of the molecule is Nc1c(C(=O)O)n(S(=O)(=O)c2ccccc2)c2ccccc12. The fourth-order valence-electron chi connectivity index (χ4n) is 2.39. The van der Waals surface area contributed by atoms with Gasteiger partial charge in [0.15, 0.2) is 5.69 Å². The second-order valence-corrected chi connectivity index (χ2v) is 6.45. The minimum atomic E-state index is -4.06. The Hall–Kier alpha value is -2.80. The zero-order valence-corrected chi connectivity index (χ0v) is 12.1. The lowest BCUT2D eigenvalue weighted by Gasteiger charge is -2.09. The summed E-state index contributed by atoms with van der Waals surface area (Å²) in [5.74, 6) is -1.40. The highest BCUT2D eigenvalue weighted by Gasteiger charge is 2.29. The van der Waals surface area contributed by atoms with Crippen LogP contribution in [0.5, 0.6) is 0 Å². The molecule has 1 aromatic heterocycles. The van der Waals surface area contributed by atoms with Crippen molar-refractivity contribution in [2.24, 2.45) is 0 Å². The molecule has 0 fully saturated rings. The first-order valence-corrected chi connectivity index (χ1v) is 7.81. The lowest BCUT2D eigenvalue weighted by atomic mass is 10.2. The van der Waals surface area contributed by atoms with E-state index in [1.165, 1.54) is 18.2 Å². The van der Waals surface area contributed by atoms with Gasteiger partial charge in [0, 0.05) is 5.39 Å². The standard InChI is InChI=1S/C15H12N2O4S/c16-13-11-8-4-5-9-12(11)17(14(13)15(18)19)22(20,21)10-6-2-1-3-7-10/h1-9H,16H2,(H,18,19). The number of nitrogens with zero attached hydrogens (tertiary/aromatic N) is 1. The molecular formula is C15H12N2O4S. The van der Waals surface area contributed by atoms with Crippen molar-refractivity contribution >= 4 is 32.6 Å². The Bertz CT molecular complexity index is 975. The number of para-hydroxylation sites is 1. The molecule has 0 aliphatic carbocycles. The highest BCUT2D eigenvalue weighted by Crippen LogP contribution is 2.32. The lowest BCUT2D eigenvalue weighted by molar-refractivity contribution is 0.0691. The zero-order valence-electron chi connectivity index (χ0n) is 11.3. The number of rotatable bonds is 3. The molecule has 0 bridgehead atoms. The number of carbonyl (C=O) groups is 1. The molecule has 112 valence electrons. The summed E-state index contributed by atoms with van der Waals surface area (Å²) in [4.78, 5) is 11.5. The number of benzene rings is 2. The van der Waals surface area contributed by atoms with Gasteiger partial charge in [-0.1, -0.05) is 36.4 Å². The summed E-state index contributed by atoms with van der Waals surface area (Å²) in [5.41, 5.74) is 5.57. The monoisotopic (exact) mass is 316 g/mol. The van der Waals surface area contributed by atoms with Crippen LogP contribution >= 0.6 is 0 Å². The van der Waals surface area contributed by atoms with E-state index in [1.807, 2.05) is 0 Å². The van der Waals surface area contributed by atoms with Crippen LogP contribution in [0.25, 0.3) is 10.9 Å². The Balaban J connectivity index is 2.45. The van der Waals surface area contributed by atoms with Crippen LogP contribution in [0.4, 0.5) is 5.69 Å². The molecular weight excluding hydrogens is 304 g/mol. The summed E-state index contributed by atoms with van der Waals surface area (Å²) in [7, 11) is -4.06. The van der Waals surface area contributed by atoms with Gasteiger partial charge >= 0.3 is 5.97 Å². The van der Waals surface area contributed by atoms with Crippen molar-refractivity contribution in [1.29, 1.82) is 0 Å². The van der Waals surface area contributed by atoms with E-state index in [2.05, 4.69) is 0 Å². The van der Waals surface area contributed by atoms with E-state index in [1.54, 1.807) is 36.4 Å². The molecule has 0 saturated heterocycles. The molecule has 6 nitrogen and oxygen atoms in total. The molecule has 0 aliphatic heterocycles. The van der Waals surface area contributed by atoms with Crippen molar-refractivity contribution in [2.75, 3.05) is 5.73 Å². The molecule has 2 aromatic carbocycles. The first-order chi connectivity index (χ1) is 10.4. The minimum absolute atomic E-state index is 0.00162. The number of nitrogen functional groups attached to an aromatic ring is 1. The predicted octanol–water partition coefficient (Wildman–Crippen LogP) is 2.16. The van der Waals surface area contributed by atoms with E-state index in [-0.39, 0.29) is 16.1 Å². The first kappa shape index (κ1) is 14.2. The van der Waals surface area contributed by atoms with Crippen LogP contribution in [-0.4, -0.2) is 23.5 Å². The van der Waals surface area contributed by atoms with Crippen LogP contribution in [0.1, 0.15) is 10.5 Å². The van der Waals surface area contributed by atoms with Crippen molar-refractivity contribution in [3.8, 4) is 0 Å². The molecule has 0 aliphatic rings. The van der Waals surface area contributed by atoms with E-state index in [4.69, 9.17) is 5.73 Å². The van der Waals surface area contributed by atoms with Crippen molar-refractivity contribution < 1.29 is 18.3 Å². The number of carboxylic acid groups (broad SMARTS) is 1. The molecule has 7 heteroatoms. The predicted molar refractivity (Wildman–Crippen MR) is 82.3 cm³/mol. The summed E-state index contributed by atoms with van der Waals surface area (Å²) in [6, 6.07) is 14.1. The summed E-state index contributed by atoms with van der Waals surface area (Å²) in [5, 5.41) is 9.78. The molecule has 0 spiro atoms. The van der Waals surface area contributed by atoms with Gasteiger partial charge in [-0.2, -0.15) is 0 Å². The number of fused-ring (bicyclic) bond motifs is 1. The Morgan fingerprint density at radius 2 is 1.59 bits per heavy atom. The van der Waals surface area contributed by atoms with Gasteiger partial charge in [0.1, 0.15) is 0 Å². The molecule has 3 N–H and O–H groups in total. The highest BCUT2D eigenvalue weighted by atomic mass is 32.2. The van der Waals surface area contributed by atoms with Gasteiger partial charge in [0.25, 0.3) is 10.0 Å². The largest absolute Gasteiger partial charge is 0.476 e. The van der Waals surface area contributed by atoms with Crippen LogP contribution < -0.4 is 5.73 Å². The average Bonchev–Trinajstić information content (AvgIpc) is 2.82. The fraction of sp³-hybridized carbons (Fsp3) is 0.